The Labute approximate surface area is 174 Å². The first-order valence-corrected chi connectivity index (χ1v) is 9.88. The summed E-state index contributed by atoms with van der Waals surface area (Å²) in [7, 11) is 0. The first kappa shape index (κ1) is 20.5. The SMILES string of the molecule is O=C(Nc1cnnc(-c2c[nH]c3ncc(Cl)cc23)n1)[C@@H]1CCCC[C@@H]1CC(F)(F)F. The molecule has 0 aromatic carbocycles. The highest BCUT2D eigenvalue weighted by Crippen LogP contribution is 2.38. The van der Waals surface area contributed by atoms with Crippen LogP contribution in [0.1, 0.15) is 32.1 Å². The number of pyridine rings is 1. The van der Waals surface area contributed by atoms with Gasteiger partial charge in [0.1, 0.15) is 5.65 Å². The molecule has 2 N–H and O–H groups in total. The number of aromatic nitrogens is 5. The largest absolute Gasteiger partial charge is 0.389 e. The summed E-state index contributed by atoms with van der Waals surface area (Å²) in [5.74, 6) is -1.55. The van der Waals surface area contributed by atoms with Crippen molar-refractivity contribution < 1.29 is 18.0 Å². The Bertz CT molecular complexity index is 1070. The molecule has 0 spiro atoms. The van der Waals surface area contributed by atoms with Gasteiger partial charge in [-0.1, -0.05) is 24.4 Å². The lowest BCUT2D eigenvalue weighted by Gasteiger charge is -2.31. The van der Waals surface area contributed by atoms with Gasteiger partial charge in [0.05, 0.1) is 11.2 Å². The van der Waals surface area contributed by atoms with Crippen molar-refractivity contribution in [3.8, 4) is 11.4 Å². The Kier molecular flexibility index (Phi) is 5.59. The minimum Gasteiger partial charge on any atom is -0.345 e. The second kappa shape index (κ2) is 8.17. The Morgan fingerprint density at radius 2 is 2.07 bits per heavy atom. The molecular weight excluding hydrogens is 421 g/mol. The van der Waals surface area contributed by atoms with Crippen molar-refractivity contribution in [1.82, 2.24) is 25.1 Å². The molecule has 1 aliphatic carbocycles. The Morgan fingerprint density at radius 3 is 2.87 bits per heavy atom. The van der Waals surface area contributed by atoms with Gasteiger partial charge in [-0.15, -0.1) is 5.10 Å². The van der Waals surface area contributed by atoms with Gasteiger partial charge in [-0.2, -0.15) is 18.3 Å². The summed E-state index contributed by atoms with van der Waals surface area (Å²) in [4.78, 5) is 24.2. The molecule has 0 bridgehead atoms. The number of halogens is 4. The zero-order chi connectivity index (χ0) is 21.3. The van der Waals surface area contributed by atoms with Crippen molar-refractivity contribution in [2.45, 2.75) is 38.3 Å². The Balaban J connectivity index is 1.55. The molecule has 2 atom stereocenters. The monoisotopic (exact) mass is 438 g/mol. The summed E-state index contributed by atoms with van der Waals surface area (Å²) in [6.45, 7) is 0. The van der Waals surface area contributed by atoms with E-state index in [4.69, 9.17) is 11.6 Å². The Hall–Kier alpha value is -2.75. The van der Waals surface area contributed by atoms with Crippen LogP contribution in [-0.4, -0.2) is 37.2 Å². The lowest BCUT2D eigenvalue weighted by molar-refractivity contribution is -0.153. The number of hydrogen-bond acceptors (Lipinski definition) is 5. The van der Waals surface area contributed by atoms with Gasteiger partial charge >= 0.3 is 6.18 Å². The predicted molar refractivity (Wildman–Crippen MR) is 105 cm³/mol. The van der Waals surface area contributed by atoms with Crippen molar-refractivity contribution in [3.05, 3.63) is 29.7 Å². The van der Waals surface area contributed by atoms with Gasteiger partial charge in [0.25, 0.3) is 0 Å². The summed E-state index contributed by atoms with van der Waals surface area (Å²) >= 11 is 6.01. The number of nitrogens with one attached hydrogen (secondary N) is 2. The fourth-order valence-electron chi connectivity index (χ4n) is 3.95. The van der Waals surface area contributed by atoms with E-state index >= 15 is 0 Å². The summed E-state index contributed by atoms with van der Waals surface area (Å²) in [5, 5.41) is 11.6. The minimum atomic E-state index is -4.30. The number of nitrogens with zero attached hydrogens (tertiary/aromatic N) is 4. The number of fused-ring (bicyclic) bond motifs is 1. The third-order valence-corrected chi connectivity index (χ3v) is 5.49. The lowest BCUT2D eigenvalue weighted by Crippen LogP contribution is -2.34. The highest BCUT2D eigenvalue weighted by atomic mass is 35.5. The predicted octanol–water partition coefficient (Wildman–Crippen LogP) is 4.77. The number of H-pyrrole nitrogens is 1. The van der Waals surface area contributed by atoms with Crippen molar-refractivity contribution in [2.24, 2.45) is 11.8 Å². The van der Waals surface area contributed by atoms with E-state index < -0.39 is 30.3 Å². The number of aromatic amines is 1. The van der Waals surface area contributed by atoms with Crippen LogP contribution in [0.3, 0.4) is 0 Å². The van der Waals surface area contributed by atoms with Crippen LogP contribution in [0.15, 0.2) is 24.7 Å². The summed E-state index contributed by atoms with van der Waals surface area (Å²) in [6, 6.07) is 1.70. The summed E-state index contributed by atoms with van der Waals surface area (Å²) < 4.78 is 38.7. The van der Waals surface area contributed by atoms with E-state index in [1.54, 1.807) is 12.3 Å². The second-order valence-electron chi connectivity index (χ2n) is 7.38. The Morgan fingerprint density at radius 1 is 1.27 bits per heavy atom. The van der Waals surface area contributed by atoms with Gasteiger partial charge in [0.2, 0.25) is 5.91 Å². The van der Waals surface area contributed by atoms with Crippen LogP contribution in [-0.2, 0) is 4.79 Å². The fraction of sp³-hybridized carbons (Fsp3) is 0.421. The van der Waals surface area contributed by atoms with Gasteiger partial charge in [-0.25, -0.2) is 9.97 Å². The van der Waals surface area contributed by atoms with Gasteiger partial charge in [0.15, 0.2) is 11.6 Å². The molecule has 30 heavy (non-hydrogen) atoms. The van der Waals surface area contributed by atoms with Crippen LogP contribution in [0.25, 0.3) is 22.4 Å². The molecule has 1 saturated carbocycles. The molecular formula is C19H18ClF3N6O. The van der Waals surface area contributed by atoms with E-state index in [1.165, 1.54) is 12.4 Å². The molecule has 4 rings (SSSR count). The quantitative estimate of drug-likeness (QED) is 0.611. The van der Waals surface area contributed by atoms with Crippen LogP contribution in [0.2, 0.25) is 5.02 Å². The van der Waals surface area contributed by atoms with E-state index in [-0.39, 0.29) is 11.6 Å². The van der Waals surface area contributed by atoms with E-state index in [0.29, 0.717) is 40.9 Å². The van der Waals surface area contributed by atoms with Crippen LogP contribution < -0.4 is 5.32 Å². The van der Waals surface area contributed by atoms with E-state index in [2.05, 4.69) is 30.5 Å². The molecule has 0 aliphatic heterocycles. The molecule has 3 aromatic rings. The van der Waals surface area contributed by atoms with Crippen LogP contribution in [0.4, 0.5) is 19.0 Å². The first-order valence-electron chi connectivity index (χ1n) is 9.50. The zero-order valence-corrected chi connectivity index (χ0v) is 16.5. The van der Waals surface area contributed by atoms with E-state index in [1.807, 2.05) is 0 Å². The molecule has 0 saturated heterocycles. The zero-order valence-electron chi connectivity index (χ0n) is 15.7. The highest BCUT2D eigenvalue weighted by molar-refractivity contribution is 6.31. The number of carbonyl (C=O) groups excluding carboxylic acids is 1. The molecule has 0 unspecified atom stereocenters. The molecule has 0 radical (unpaired) electrons. The third-order valence-electron chi connectivity index (χ3n) is 5.29. The molecule has 1 amide bonds. The third kappa shape index (κ3) is 4.53. The van der Waals surface area contributed by atoms with Gasteiger partial charge < -0.3 is 10.3 Å². The van der Waals surface area contributed by atoms with Gasteiger partial charge in [0, 0.05) is 35.7 Å². The first-order chi connectivity index (χ1) is 14.3. The van der Waals surface area contributed by atoms with Crippen molar-refractivity contribution >= 4 is 34.4 Å². The van der Waals surface area contributed by atoms with Crippen molar-refractivity contribution in [1.29, 1.82) is 0 Å². The molecule has 1 aliphatic rings. The molecule has 11 heteroatoms. The number of carbonyl (C=O) groups is 1. The summed E-state index contributed by atoms with van der Waals surface area (Å²) in [5.41, 5.74) is 1.18. The smallest absolute Gasteiger partial charge is 0.345 e. The van der Waals surface area contributed by atoms with Crippen LogP contribution >= 0.6 is 11.6 Å². The molecule has 7 nitrogen and oxygen atoms in total. The maximum atomic E-state index is 12.9. The maximum Gasteiger partial charge on any atom is 0.389 e. The topological polar surface area (TPSA) is 96.5 Å². The van der Waals surface area contributed by atoms with Gasteiger partial charge in [-0.05, 0) is 24.8 Å². The standard InChI is InChI=1S/C19H18ClF3N6O/c20-11-5-13-14(8-25-16(13)24-7-11)17-27-15(9-26-29-17)28-18(30)12-4-2-1-3-10(12)6-19(21,22)23/h5,7-10,12H,1-4,6H2,(H,24,25)(H,27,28,29,30)/t10-,12-/m1/s1. The minimum absolute atomic E-state index is 0.130. The number of rotatable bonds is 4. The lowest BCUT2D eigenvalue weighted by atomic mass is 9.77. The normalized spacial score (nSPS) is 19.7. The highest BCUT2D eigenvalue weighted by Gasteiger charge is 2.39. The number of alkyl halides is 3. The van der Waals surface area contributed by atoms with Crippen LogP contribution in [0.5, 0.6) is 0 Å². The second-order valence-corrected chi connectivity index (χ2v) is 7.81. The average molecular weight is 439 g/mol. The van der Waals surface area contributed by atoms with Crippen molar-refractivity contribution in [3.63, 3.8) is 0 Å². The number of hydrogen-bond donors (Lipinski definition) is 2. The molecule has 1 fully saturated rings. The molecule has 3 heterocycles. The molecule has 158 valence electrons. The van der Waals surface area contributed by atoms with E-state index in [0.717, 1.165) is 6.42 Å². The molecule has 3 aromatic heterocycles. The fourth-order valence-corrected chi connectivity index (χ4v) is 4.11. The van der Waals surface area contributed by atoms with Gasteiger partial charge in [-0.3, -0.25) is 4.79 Å². The number of anilines is 1. The number of amides is 1. The van der Waals surface area contributed by atoms with Crippen molar-refractivity contribution in [2.75, 3.05) is 5.32 Å². The average Bonchev–Trinajstić information content (AvgIpc) is 3.10. The van der Waals surface area contributed by atoms with E-state index in [9.17, 15) is 18.0 Å². The summed E-state index contributed by atoms with van der Waals surface area (Å²) in [6.07, 6.45) is 1.39. The van der Waals surface area contributed by atoms with Crippen LogP contribution in [0, 0.1) is 11.8 Å². The maximum absolute atomic E-state index is 12.9.